The highest BCUT2D eigenvalue weighted by atomic mass is 79.9. The molecule has 0 aromatic heterocycles. The van der Waals surface area contributed by atoms with E-state index in [1.54, 1.807) is 11.8 Å². The Morgan fingerprint density at radius 1 is 1.05 bits per heavy atom. The Hall–Kier alpha value is -1.04. The van der Waals surface area contributed by atoms with E-state index in [1.807, 2.05) is 31.2 Å². The van der Waals surface area contributed by atoms with Crippen LogP contribution >= 0.6 is 39.9 Å². The zero-order valence-electron chi connectivity index (χ0n) is 11.0. The van der Waals surface area contributed by atoms with Gasteiger partial charge in [0.15, 0.2) is 5.11 Å². The van der Waals surface area contributed by atoms with Crippen molar-refractivity contribution in [1.29, 1.82) is 0 Å². The predicted octanol–water partition coefficient (Wildman–Crippen LogP) is 4.91. The number of halogens is 1. The van der Waals surface area contributed by atoms with Gasteiger partial charge in [-0.05, 0) is 67.7 Å². The maximum atomic E-state index is 5.15. The quantitative estimate of drug-likeness (QED) is 0.750. The van der Waals surface area contributed by atoms with Crippen molar-refractivity contribution in [1.82, 2.24) is 5.32 Å². The van der Waals surface area contributed by atoms with E-state index in [4.69, 9.17) is 12.2 Å². The molecule has 5 heteroatoms. The van der Waals surface area contributed by atoms with Crippen molar-refractivity contribution in [2.75, 3.05) is 11.9 Å². The molecule has 0 amide bonds. The van der Waals surface area contributed by atoms with Gasteiger partial charge in [0.05, 0.1) is 0 Å². The van der Waals surface area contributed by atoms with Crippen LogP contribution in [0.2, 0.25) is 0 Å². The molecule has 0 unspecified atom stereocenters. The number of benzene rings is 2. The third-order valence-corrected chi connectivity index (χ3v) is 4.29. The molecule has 0 fully saturated rings. The molecular formula is C15H15BrN2S2. The highest BCUT2D eigenvalue weighted by Gasteiger charge is 1.99. The molecule has 0 radical (unpaired) electrons. The lowest BCUT2D eigenvalue weighted by molar-refractivity contribution is 0.979. The van der Waals surface area contributed by atoms with Crippen LogP contribution in [0.5, 0.6) is 0 Å². The number of nitrogens with one attached hydrogen (secondary N) is 2. The molecule has 0 saturated carbocycles. The van der Waals surface area contributed by atoms with Crippen molar-refractivity contribution < 1.29 is 0 Å². The minimum atomic E-state index is 0.654. The average molecular weight is 367 g/mol. The smallest absolute Gasteiger partial charge is 0.170 e. The van der Waals surface area contributed by atoms with Crippen LogP contribution in [0.4, 0.5) is 5.69 Å². The summed E-state index contributed by atoms with van der Waals surface area (Å²) in [6.45, 7) is 2.84. The second kappa shape index (κ2) is 7.67. The van der Waals surface area contributed by atoms with Crippen LogP contribution in [-0.2, 0) is 0 Å². The molecule has 0 aliphatic heterocycles. The maximum Gasteiger partial charge on any atom is 0.170 e. The zero-order chi connectivity index (χ0) is 14.4. The van der Waals surface area contributed by atoms with Gasteiger partial charge in [-0.3, -0.25) is 0 Å². The molecule has 0 aliphatic rings. The Morgan fingerprint density at radius 3 is 2.15 bits per heavy atom. The molecule has 2 N–H and O–H groups in total. The molecule has 2 aromatic carbocycles. The van der Waals surface area contributed by atoms with Gasteiger partial charge < -0.3 is 10.6 Å². The van der Waals surface area contributed by atoms with Gasteiger partial charge in [0.1, 0.15) is 0 Å². The van der Waals surface area contributed by atoms with Gasteiger partial charge in [-0.15, -0.1) is 0 Å². The van der Waals surface area contributed by atoms with Gasteiger partial charge in [0.2, 0.25) is 0 Å². The summed E-state index contributed by atoms with van der Waals surface area (Å²) in [5.74, 6) is 0. The van der Waals surface area contributed by atoms with Gasteiger partial charge in [0.25, 0.3) is 0 Å². The lowest BCUT2D eigenvalue weighted by Crippen LogP contribution is -2.27. The molecule has 2 aromatic rings. The molecule has 0 saturated heterocycles. The molecule has 20 heavy (non-hydrogen) atoms. The minimum Gasteiger partial charge on any atom is -0.363 e. The topological polar surface area (TPSA) is 24.1 Å². The lowest BCUT2D eigenvalue weighted by atomic mass is 10.3. The number of rotatable bonds is 4. The number of hydrogen-bond donors (Lipinski definition) is 2. The zero-order valence-corrected chi connectivity index (χ0v) is 14.2. The Morgan fingerprint density at radius 2 is 1.60 bits per heavy atom. The van der Waals surface area contributed by atoms with E-state index in [0.717, 1.165) is 16.7 Å². The molecule has 0 heterocycles. The Labute approximate surface area is 137 Å². The fraction of sp³-hybridized carbons (Fsp3) is 0.133. The van der Waals surface area contributed by atoms with Crippen LogP contribution in [0.15, 0.2) is 62.8 Å². The van der Waals surface area contributed by atoms with Crippen molar-refractivity contribution >= 4 is 50.7 Å². The lowest BCUT2D eigenvalue weighted by Gasteiger charge is -2.09. The molecule has 0 atom stereocenters. The monoisotopic (exact) mass is 366 g/mol. The Balaban J connectivity index is 1.97. The third-order valence-electron chi connectivity index (χ3n) is 2.50. The number of anilines is 1. The highest BCUT2D eigenvalue weighted by Crippen LogP contribution is 2.29. The Kier molecular flexibility index (Phi) is 5.88. The Bertz CT molecular complexity index is 567. The van der Waals surface area contributed by atoms with Crippen LogP contribution in [0.3, 0.4) is 0 Å². The second-order valence-corrected chi connectivity index (χ2v) is 6.54. The van der Waals surface area contributed by atoms with Gasteiger partial charge in [-0.2, -0.15) is 0 Å². The van der Waals surface area contributed by atoms with Crippen LogP contribution in [0, 0.1) is 0 Å². The van der Waals surface area contributed by atoms with E-state index in [0.29, 0.717) is 5.11 Å². The van der Waals surface area contributed by atoms with Gasteiger partial charge >= 0.3 is 0 Å². The van der Waals surface area contributed by atoms with Crippen molar-refractivity contribution in [2.45, 2.75) is 16.7 Å². The standard InChI is InChI=1S/C15H15BrN2S2/c1-2-17-15(19)18-12-5-9-14(10-6-12)20-13-7-3-11(16)4-8-13/h3-10H,2H2,1H3,(H2,17,18,19). The van der Waals surface area contributed by atoms with E-state index in [1.165, 1.54) is 9.79 Å². The van der Waals surface area contributed by atoms with E-state index < -0.39 is 0 Å². The fourth-order valence-electron chi connectivity index (χ4n) is 1.58. The number of hydrogen-bond acceptors (Lipinski definition) is 2. The first-order valence-electron chi connectivity index (χ1n) is 6.25. The summed E-state index contributed by atoms with van der Waals surface area (Å²) in [4.78, 5) is 2.42. The first-order valence-corrected chi connectivity index (χ1v) is 8.27. The summed E-state index contributed by atoms with van der Waals surface area (Å²) in [6, 6.07) is 16.5. The summed E-state index contributed by atoms with van der Waals surface area (Å²) in [7, 11) is 0. The van der Waals surface area contributed by atoms with Crippen molar-refractivity contribution in [2.24, 2.45) is 0 Å². The molecule has 0 spiro atoms. The van der Waals surface area contributed by atoms with Gasteiger partial charge in [0, 0.05) is 26.5 Å². The summed E-state index contributed by atoms with van der Waals surface area (Å²) >= 11 is 10.3. The molecule has 2 rings (SSSR count). The van der Waals surface area contributed by atoms with E-state index in [-0.39, 0.29) is 0 Å². The summed E-state index contributed by atoms with van der Waals surface area (Å²) in [5.41, 5.74) is 0.996. The molecule has 0 bridgehead atoms. The molecule has 104 valence electrons. The van der Waals surface area contributed by atoms with Gasteiger partial charge in [-0.25, -0.2) is 0 Å². The van der Waals surface area contributed by atoms with Crippen molar-refractivity contribution in [3.63, 3.8) is 0 Å². The molecule has 0 aliphatic carbocycles. The van der Waals surface area contributed by atoms with Crippen molar-refractivity contribution in [3.05, 3.63) is 53.0 Å². The fourth-order valence-corrected chi connectivity index (χ4v) is 2.92. The first-order chi connectivity index (χ1) is 9.67. The van der Waals surface area contributed by atoms with Crippen molar-refractivity contribution in [3.8, 4) is 0 Å². The maximum absolute atomic E-state index is 5.15. The molecule has 2 nitrogen and oxygen atoms in total. The third kappa shape index (κ3) is 4.81. The van der Waals surface area contributed by atoms with Crippen LogP contribution in [0.25, 0.3) is 0 Å². The largest absolute Gasteiger partial charge is 0.363 e. The average Bonchev–Trinajstić information content (AvgIpc) is 2.44. The van der Waals surface area contributed by atoms with Crippen LogP contribution in [0.1, 0.15) is 6.92 Å². The minimum absolute atomic E-state index is 0.654. The van der Waals surface area contributed by atoms with E-state index >= 15 is 0 Å². The van der Waals surface area contributed by atoms with Crippen LogP contribution in [-0.4, -0.2) is 11.7 Å². The summed E-state index contributed by atoms with van der Waals surface area (Å²) < 4.78 is 1.10. The first kappa shape index (κ1) is 15.4. The summed E-state index contributed by atoms with van der Waals surface area (Å²) in [6.07, 6.45) is 0. The SMILES string of the molecule is CCNC(=S)Nc1ccc(Sc2ccc(Br)cc2)cc1. The number of thiocarbonyl (C=S) groups is 1. The molecular weight excluding hydrogens is 352 g/mol. The van der Waals surface area contributed by atoms with E-state index in [9.17, 15) is 0 Å². The summed E-state index contributed by atoms with van der Waals surface area (Å²) in [5, 5.41) is 6.86. The normalized spacial score (nSPS) is 10.1. The second-order valence-electron chi connectivity index (χ2n) is 4.06. The van der Waals surface area contributed by atoms with Gasteiger partial charge in [-0.1, -0.05) is 27.7 Å². The highest BCUT2D eigenvalue weighted by molar-refractivity contribution is 9.10. The van der Waals surface area contributed by atoms with Crippen LogP contribution < -0.4 is 10.6 Å². The predicted molar refractivity (Wildman–Crippen MR) is 94.6 cm³/mol. The van der Waals surface area contributed by atoms with E-state index in [2.05, 4.69) is 50.8 Å².